The Labute approximate surface area is 116 Å². The largest absolute Gasteiger partial charge is 0.396 e. The van der Waals surface area contributed by atoms with Gasteiger partial charge >= 0.3 is 0 Å². The lowest BCUT2D eigenvalue weighted by molar-refractivity contribution is 0.0478. The zero-order valence-corrected chi connectivity index (χ0v) is 11.6. The predicted molar refractivity (Wildman–Crippen MR) is 73.4 cm³/mol. The topological polar surface area (TPSA) is 74.2 Å². The third-order valence-corrected chi connectivity index (χ3v) is 2.90. The van der Waals surface area contributed by atoms with Gasteiger partial charge in [0.15, 0.2) is 0 Å². The second-order valence-corrected chi connectivity index (χ2v) is 4.43. The predicted octanol–water partition coefficient (Wildman–Crippen LogP) is 3.34. The van der Waals surface area contributed by atoms with Crippen LogP contribution < -0.4 is 5.73 Å². The van der Waals surface area contributed by atoms with Crippen molar-refractivity contribution in [3.05, 3.63) is 29.8 Å². The smallest absolute Gasteiger partial charge is 0.258 e. The molecule has 1 aromatic heterocycles. The van der Waals surface area contributed by atoms with Crippen LogP contribution in [-0.4, -0.2) is 16.7 Å². The number of rotatable bonds is 6. The highest BCUT2D eigenvalue weighted by Crippen LogP contribution is 2.25. The summed E-state index contributed by atoms with van der Waals surface area (Å²) in [7, 11) is 0. The van der Waals surface area contributed by atoms with E-state index in [2.05, 4.69) is 17.1 Å². The quantitative estimate of drug-likeness (QED) is 0.821. The van der Waals surface area contributed by atoms with Crippen molar-refractivity contribution in [2.24, 2.45) is 0 Å². The van der Waals surface area contributed by atoms with Crippen LogP contribution in [0.1, 0.15) is 38.6 Å². The SMILES string of the molecule is CCCC(OCC)c1noc(-c2ccc(N)c(F)c2)n1. The number of aromatic nitrogens is 2. The molecule has 1 atom stereocenters. The lowest BCUT2D eigenvalue weighted by Gasteiger charge is -2.11. The van der Waals surface area contributed by atoms with Crippen LogP contribution in [0, 0.1) is 5.82 Å². The van der Waals surface area contributed by atoms with Gasteiger partial charge in [-0.2, -0.15) is 4.98 Å². The number of hydrogen-bond acceptors (Lipinski definition) is 5. The molecule has 1 aromatic carbocycles. The van der Waals surface area contributed by atoms with Crippen LogP contribution in [0.5, 0.6) is 0 Å². The Balaban J connectivity index is 2.24. The molecular formula is C14H18FN3O2. The normalized spacial score (nSPS) is 12.6. The first-order chi connectivity index (χ1) is 9.65. The molecule has 0 aliphatic carbocycles. The van der Waals surface area contributed by atoms with Gasteiger partial charge in [0.2, 0.25) is 5.82 Å². The second-order valence-electron chi connectivity index (χ2n) is 4.43. The molecule has 0 bridgehead atoms. The van der Waals surface area contributed by atoms with Crippen molar-refractivity contribution in [2.75, 3.05) is 12.3 Å². The van der Waals surface area contributed by atoms with E-state index in [0.29, 0.717) is 18.0 Å². The van der Waals surface area contributed by atoms with E-state index in [1.807, 2.05) is 6.92 Å². The molecule has 0 radical (unpaired) electrons. The van der Waals surface area contributed by atoms with Crippen LogP contribution in [0.4, 0.5) is 10.1 Å². The minimum atomic E-state index is -0.503. The Kier molecular flexibility index (Phi) is 4.68. The molecule has 0 spiro atoms. The third-order valence-electron chi connectivity index (χ3n) is 2.90. The Morgan fingerprint density at radius 1 is 1.40 bits per heavy atom. The van der Waals surface area contributed by atoms with Crippen molar-refractivity contribution in [3.8, 4) is 11.5 Å². The molecule has 5 nitrogen and oxygen atoms in total. The van der Waals surface area contributed by atoms with E-state index in [1.54, 1.807) is 6.07 Å². The molecule has 2 aromatic rings. The first-order valence-electron chi connectivity index (χ1n) is 6.66. The molecule has 1 unspecified atom stereocenters. The average Bonchev–Trinajstić information content (AvgIpc) is 2.91. The summed E-state index contributed by atoms with van der Waals surface area (Å²) < 4.78 is 24.2. The fourth-order valence-electron chi connectivity index (χ4n) is 1.89. The summed E-state index contributed by atoms with van der Waals surface area (Å²) in [5.41, 5.74) is 6.03. The maximum atomic E-state index is 13.4. The summed E-state index contributed by atoms with van der Waals surface area (Å²) in [5, 5.41) is 3.92. The van der Waals surface area contributed by atoms with Crippen LogP contribution in [-0.2, 0) is 4.74 Å². The zero-order valence-electron chi connectivity index (χ0n) is 11.6. The van der Waals surface area contributed by atoms with Crippen molar-refractivity contribution in [2.45, 2.75) is 32.8 Å². The van der Waals surface area contributed by atoms with Crippen LogP contribution in [0.15, 0.2) is 22.7 Å². The molecule has 0 aliphatic rings. The van der Waals surface area contributed by atoms with E-state index in [0.717, 1.165) is 12.8 Å². The Morgan fingerprint density at radius 3 is 2.85 bits per heavy atom. The molecule has 0 amide bonds. The van der Waals surface area contributed by atoms with Gasteiger partial charge in [-0.3, -0.25) is 0 Å². The highest BCUT2D eigenvalue weighted by Gasteiger charge is 2.19. The standard InChI is InChI=1S/C14H18FN3O2/c1-3-5-12(19-4-2)13-17-14(20-18-13)9-6-7-11(16)10(15)8-9/h6-8,12H,3-5,16H2,1-2H3. The van der Waals surface area contributed by atoms with E-state index < -0.39 is 5.82 Å². The van der Waals surface area contributed by atoms with Crippen molar-refractivity contribution < 1.29 is 13.7 Å². The van der Waals surface area contributed by atoms with Gasteiger partial charge in [0, 0.05) is 12.2 Å². The molecule has 0 saturated heterocycles. The van der Waals surface area contributed by atoms with Crippen LogP contribution in [0.2, 0.25) is 0 Å². The third kappa shape index (κ3) is 3.14. The molecule has 20 heavy (non-hydrogen) atoms. The molecule has 0 fully saturated rings. The van der Waals surface area contributed by atoms with Gasteiger partial charge < -0.3 is 15.0 Å². The number of halogens is 1. The lowest BCUT2D eigenvalue weighted by atomic mass is 10.2. The Morgan fingerprint density at radius 2 is 2.20 bits per heavy atom. The van der Waals surface area contributed by atoms with Gasteiger partial charge in [-0.15, -0.1) is 0 Å². The van der Waals surface area contributed by atoms with Crippen LogP contribution >= 0.6 is 0 Å². The highest BCUT2D eigenvalue weighted by atomic mass is 19.1. The maximum absolute atomic E-state index is 13.4. The first kappa shape index (κ1) is 14.5. The summed E-state index contributed by atoms with van der Waals surface area (Å²) in [6.07, 6.45) is 1.56. The monoisotopic (exact) mass is 279 g/mol. The number of benzene rings is 1. The molecule has 2 rings (SSSR count). The fraction of sp³-hybridized carbons (Fsp3) is 0.429. The second kappa shape index (κ2) is 6.47. The summed E-state index contributed by atoms with van der Waals surface area (Å²) in [6, 6.07) is 4.40. The number of nitrogens with two attached hydrogens (primary N) is 1. The van der Waals surface area contributed by atoms with Gasteiger partial charge in [0.25, 0.3) is 5.89 Å². The van der Waals surface area contributed by atoms with Crippen LogP contribution in [0.25, 0.3) is 11.5 Å². The molecule has 2 N–H and O–H groups in total. The molecular weight excluding hydrogens is 261 g/mol. The first-order valence-corrected chi connectivity index (χ1v) is 6.66. The van der Waals surface area contributed by atoms with Crippen molar-refractivity contribution in [1.29, 1.82) is 0 Å². The van der Waals surface area contributed by atoms with E-state index >= 15 is 0 Å². The summed E-state index contributed by atoms with van der Waals surface area (Å²) in [5.74, 6) is 0.248. The summed E-state index contributed by atoms with van der Waals surface area (Å²) >= 11 is 0. The van der Waals surface area contributed by atoms with Gasteiger partial charge in [-0.1, -0.05) is 18.5 Å². The molecule has 0 aliphatic heterocycles. The van der Waals surface area contributed by atoms with E-state index in [9.17, 15) is 4.39 Å². The average molecular weight is 279 g/mol. The minimum absolute atomic E-state index is 0.0895. The van der Waals surface area contributed by atoms with E-state index in [-0.39, 0.29) is 17.7 Å². The Hall–Kier alpha value is -1.95. The van der Waals surface area contributed by atoms with Crippen molar-refractivity contribution in [3.63, 3.8) is 0 Å². The lowest BCUT2D eigenvalue weighted by Crippen LogP contribution is -2.05. The van der Waals surface area contributed by atoms with E-state index in [4.69, 9.17) is 15.0 Å². The molecule has 6 heteroatoms. The van der Waals surface area contributed by atoms with Crippen molar-refractivity contribution >= 4 is 5.69 Å². The number of nitrogen functional groups attached to an aromatic ring is 1. The van der Waals surface area contributed by atoms with Gasteiger partial charge in [0.1, 0.15) is 11.9 Å². The minimum Gasteiger partial charge on any atom is -0.396 e. The van der Waals surface area contributed by atoms with Gasteiger partial charge in [-0.05, 0) is 31.5 Å². The highest BCUT2D eigenvalue weighted by molar-refractivity contribution is 5.57. The molecule has 108 valence electrons. The number of hydrogen-bond donors (Lipinski definition) is 1. The van der Waals surface area contributed by atoms with Crippen molar-refractivity contribution in [1.82, 2.24) is 10.1 Å². The molecule has 1 heterocycles. The summed E-state index contributed by atoms with van der Waals surface area (Å²) in [4.78, 5) is 4.28. The fourth-order valence-corrected chi connectivity index (χ4v) is 1.89. The number of anilines is 1. The number of nitrogens with zero attached hydrogens (tertiary/aromatic N) is 2. The molecule has 0 saturated carbocycles. The zero-order chi connectivity index (χ0) is 14.5. The van der Waals surface area contributed by atoms with Gasteiger partial charge in [0.05, 0.1) is 5.69 Å². The van der Waals surface area contributed by atoms with Gasteiger partial charge in [-0.25, -0.2) is 4.39 Å². The van der Waals surface area contributed by atoms with E-state index in [1.165, 1.54) is 12.1 Å². The number of ether oxygens (including phenoxy) is 1. The summed E-state index contributed by atoms with van der Waals surface area (Å²) in [6.45, 7) is 4.55. The van der Waals surface area contributed by atoms with Crippen LogP contribution in [0.3, 0.4) is 0 Å². The Bertz CT molecular complexity index is 565. The maximum Gasteiger partial charge on any atom is 0.258 e.